The number of nitriles is 1. The van der Waals surface area contributed by atoms with Crippen LogP contribution in [0.15, 0.2) is 23.6 Å². The summed E-state index contributed by atoms with van der Waals surface area (Å²) in [4.78, 5) is 27.3. The number of hydrogen-bond donors (Lipinski definition) is 1. The van der Waals surface area contributed by atoms with Crippen LogP contribution in [0.3, 0.4) is 0 Å². The van der Waals surface area contributed by atoms with E-state index in [4.69, 9.17) is 4.74 Å². The van der Waals surface area contributed by atoms with Crippen LogP contribution in [0.25, 0.3) is 6.08 Å². The third kappa shape index (κ3) is 3.73. The summed E-state index contributed by atoms with van der Waals surface area (Å²) < 4.78 is 4.75. The fraction of sp³-hybridized carbons (Fsp3) is 0.235. The van der Waals surface area contributed by atoms with Crippen LogP contribution in [0.2, 0.25) is 0 Å². The van der Waals surface area contributed by atoms with Crippen LogP contribution in [0.5, 0.6) is 0 Å². The quantitative estimate of drug-likeness (QED) is 0.835. The minimum Gasteiger partial charge on any atom is -0.453 e. The van der Waals surface area contributed by atoms with Crippen molar-refractivity contribution in [1.29, 1.82) is 5.26 Å². The molecule has 0 fully saturated rings. The van der Waals surface area contributed by atoms with Gasteiger partial charge in [-0.2, -0.15) is 5.26 Å². The topological polar surface area (TPSA) is 82.4 Å². The number of thiophene rings is 2. The summed E-state index contributed by atoms with van der Waals surface area (Å²) in [6.45, 7) is 0.888. The van der Waals surface area contributed by atoms with E-state index in [2.05, 4.69) is 11.4 Å². The van der Waals surface area contributed by atoms with Gasteiger partial charge >= 0.3 is 6.09 Å². The zero-order valence-electron chi connectivity index (χ0n) is 13.4. The lowest BCUT2D eigenvalue weighted by Crippen LogP contribution is -2.35. The van der Waals surface area contributed by atoms with Crippen molar-refractivity contribution < 1.29 is 14.3 Å². The summed E-state index contributed by atoms with van der Waals surface area (Å²) in [5, 5.41) is 14.7. The van der Waals surface area contributed by atoms with E-state index in [-0.39, 0.29) is 12.0 Å². The zero-order chi connectivity index (χ0) is 17.8. The van der Waals surface area contributed by atoms with Crippen molar-refractivity contribution in [2.45, 2.75) is 13.0 Å². The average Bonchev–Trinajstić information content (AvgIpc) is 3.25. The van der Waals surface area contributed by atoms with E-state index in [1.165, 1.54) is 24.5 Å². The molecule has 2 aromatic rings. The molecule has 6 nitrogen and oxygen atoms in total. The van der Waals surface area contributed by atoms with E-state index < -0.39 is 0 Å². The van der Waals surface area contributed by atoms with Crippen LogP contribution in [0.1, 0.15) is 20.9 Å². The van der Waals surface area contributed by atoms with Gasteiger partial charge in [0, 0.05) is 22.4 Å². The number of hydrogen-bond acceptors (Lipinski definition) is 6. The van der Waals surface area contributed by atoms with Gasteiger partial charge < -0.3 is 15.0 Å². The number of nitrogens with zero attached hydrogens (tertiary/aromatic N) is 2. The highest BCUT2D eigenvalue weighted by molar-refractivity contribution is 7.16. The predicted molar refractivity (Wildman–Crippen MR) is 97.5 cm³/mol. The summed E-state index contributed by atoms with van der Waals surface area (Å²) in [6, 6.07) is 6.01. The van der Waals surface area contributed by atoms with Gasteiger partial charge in [0.05, 0.1) is 19.2 Å². The Balaban J connectivity index is 1.77. The summed E-state index contributed by atoms with van der Waals surface area (Å²) in [6.07, 6.45) is 3.37. The van der Waals surface area contributed by atoms with Crippen molar-refractivity contribution in [3.05, 3.63) is 44.5 Å². The van der Waals surface area contributed by atoms with Crippen LogP contribution < -0.4 is 5.32 Å². The second kappa shape index (κ2) is 7.51. The van der Waals surface area contributed by atoms with E-state index in [9.17, 15) is 14.9 Å². The Labute approximate surface area is 152 Å². The van der Waals surface area contributed by atoms with Gasteiger partial charge in [0.15, 0.2) is 0 Å². The third-order valence-corrected chi connectivity index (χ3v) is 5.75. The van der Waals surface area contributed by atoms with Gasteiger partial charge in [-0.15, -0.1) is 22.7 Å². The van der Waals surface area contributed by atoms with Gasteiger partial charge in [0.1, 0.15) is 11.1 Å². The van der Waals surface area contributed by atoms with Crippen molar-refractivity contribution in [2.75, 3.05) is 19.0 Å². The molecule has 0 spiro atoms. The number of anilines is 1. The van der Waals surface area contributed by atoms with Crippen LogP contribution in [-0.4, -0.2) is 30.6 Å². The maximum absolute atomic E-state index is 12.1. The fourth-order valence-electron chi connectivity index (χ4n) is 2.59. The van der Waals surface area contributed by atoms with E-state index >= 15 is 0 Å². The van der Waals surface area contributed by atoms with Crippen LogP contribution in [0, 0.1) is 11.3 Å². The number of nitrogens with one attached hydrogen (secondary N) is 1. The molecule has 0 bridgehead atoms. The standard InChI is InChI=1S/C17H15N3O3S2/c1-23-17(22)20-7-6-12-13(9-18)16(25-14(12)10-20)19-15(21)5-4-11-3-2-8-24-11/h2-5,8H,6-7,10H2,1H3,(H,19,21)/b5-4+. The molecule has 0 saturated carbocycles. The molecule has 1 aliphatic rings. The molecule has 128 valence electrons. The third-order valence-electron chi connectivity index (χ3n) is 3.78. The predicted octanol–water partition coefficient (Wildman–Crippen LogP) is 3.46. The van der Waals surface area contributed by atoms with E-state index in [1.807, 2.05) is 17.5 Å². The molecule has 0 radical (unpaired) electrons. The number of carbonyl (C=O) groups excluding carboxylic acids is 2. The summed E-state index contributed by atoms with van der Waals surface area (Å²) in [7, 11) is 1.35. The highest BCUT2D eigenvalue weighted by atomic mass is 32.1. The first kappa shape index (κ1) is 17.2. The highest BCUT2D eigenvalue weighted by Gasteiger charge is 2.27. The molecule has 2 amide bonds. The number of ether oxygens (including phenoxy) is 1. The first-order chi connectivity index (χ1) is 12.1. The Bertz CT molecular complexity index is 863. The van der Waals surface area contributed by atoms with Gasteiger partial charge in [0.2, 0.25) is 5.91 Å². The average molecular weight is 373 g/mol. The van der Waals surface area contributed by atoms with Gasteiger partial charge in [-0.1, -0.05) is 6.07 Å². The van der Waals surface area contributed by atoms with Crippen LogP contribution >= 0.6 is 22.7 Å². The Morgan fingerprint density at radius 2 is 2.32 bits per heavy atom. The van der Waals surface area contributed by atoms with Crippen molar-refractivity contribution in [2.24, 2.45) is 0 Å². The van der Waals surface area contributed by atoms with Gasteiger partial charge in [-0.3, -0.25) is 4.79 Å². The molecule has 0 unspecified atom stereocenters. The molecule has 3 rings (SSSR count). The minimum absolute atomic E-state index is 0.284. The number of methoxy groups -OCH3 is 1. The van der Waals surface area contributed by atoms with E-state index in [0.717, 1.165) is 15.3 Å². The lowest BCUT2D eigenvalue weighted by atomic mass is 10.0. The second-order valence-electron chi connectivity index (χ2n) is 5.30. The second-order valence-corrected chi connectivity index (χ2v) is 7.38. The molecule has 1 aliphatic heterocycles. The summed E-state index contributed by atoms with van der Waals surface area (Å²) >= 11 is 2.87. The number of rotatable bonds is 3. The number of amides is 2. The monoisotopic (exact) mass is 373 g/mol. The highest BCUT2D eigenvalue weighted by Crippen LogP contribution is 2.36. The molecular formula is C17H15N3O3S2. The number of fused-ring (bicyclic) bond motifs is 1. The molecular weight excluding hydrogens is 358 g/mol. The van der Waals surface area contributed by atoms with Crippen LogP contribution in [0.4, 0.5) is 9.80 Å². The van der Waals surface area contributed by atoms with Crippen molar-refractivity contribution in [3.8, 4) is 6.07 Å². The molecule has 25 heavy (non-hydrogen) atoms. The Morgan fingerprint density at radius 1 is 1.48 bits per heavy atom. The Kier molecular flexibility index (Phi) is 5.16. The first-order valence-corrected chi connectivity index (χ1v) is 9.22. The summed E-state index contributed by atoms with van der Waals surface area (Å²) in [5.41, 5.74) is 1.40. The lowest BCUT2D eigenvalue weighted by Gasteiger charge is -2.25. The van der Waals surface area contributed by atoms with Crippen molar-refractivity contribution in [1.82, 2.24) is 4.90 Å². The molecule has 0 saturated heterocycles. The van der Waals surface area contributed by atoms with Gasteiger partial charge in [-0.05, 0) is 29.5 Å². The van der Waals surface area contributed by atoms with Crippen LogP contribution in [-0.2, 0) is 22.5 Å². The first-order valence-electron chi connectivity index (χ1n) is 7.52. The maximum atomic E-state index is 12.1. The van der Waals surface area contributed by atoms with E-state index in [1.54, 1.807) is 22.3 Å². The van der Waals surface area contributed by atoms with E-state index in [0.29, 0.717) is 30.1 Å². The van der Waals surface area contributed by atoms with Crippen molar-refractivity contribution >= 4 is 45.8 Å². The molecule has 2 aromatic heterocycles. The maximum Gasteiger partial charge on any atom is 0.409 e. The lowest BCUT2D eigenvalue weighted by molar-refractivity contribution is -0.111. The fourth-order valence-corrected chi connectivity index (χ4v) is 4.43. The smallest absolute Gasteiger partial charge is 0.409 e. The number of carbonyl (C=O) groups is 2. The Morgan fingerprint density at radius 3 is 3.00 bits per heavy atom. The normalized spacial score (nSPS) is 13.4. The molecule has 0 aromatic carbocycles. The molecule has 8 heteroatoms. The molecule has 0 aliphatic carbocycles. The van der Waals surface area contributed by atoms with Crippen molar-refractivity contribution in [3.63, 3.8) is 0 Å². The summed E-state index contributed by atoms with van der Waals surface area (Å²) in [5.74, 6) is -0.284. The minimum atomic E-state index is -0.387. The molecule has 3 heterocycles. The largest absolute Gasteiger partial charge is 0.453 e. The Hall–Kier alpha value is -2.63. The SMILES string of the molecule is COC(=O)N1CCc2c(sc(NC(=O)/C=C/c3cccs3)c2C#N)C1. The van der Waals surface area contributed by atoms with Gasteiger partial charge in [0.25, 0.3) is 0 Å². The molecule has 0 atom stereocenters. The van der Waals surface area contributed by atoms with Gasteiger partial charge in [-0.25, -0.2) is 4.79 Å². The zero-order valence-corrected chi connectivity index (χ0v) is 15.1. The molecule has 1 N–H and O–H groups in total.